The average molecular weight is 358 g/mol. The lowest BCUT2D eigenvalue weighted by atomic mass is 10.0. The fraction of sp³-hybridized carbons (Fsp3) is 0.571. The molecule has 5 heteroatoms. The molecule has 142 valence electrons. The molecule has 0 spiro atoms. The summed E-state index contributed by atoms with van der Waals surface area (Å²) in [7, 11) is 0. The van der Waals surface area contributed by atoms with Gasteiger partial charge in [-0.15, -0.1) is 0 Å². The number of fused-ring (bicyclic) bond motifs is 1. The summed E-state index contributed by atoms with van der Waals surface area (Å²) in [6, 6.07) is 3.55. The Labute approximate surface area is 155 Å². The minimum absolute atomic E-state index is 0.0371. The van der Waals surface area contributed by atoms with Gasteiger partial charge in [-0.2, -0.15) is 0 Å². The summed E-state index contributed by atoms with van der Waals surface area (Å²) >= 11 is 0. The summed E-state index contributed by atoms with van der Waals surface area (Å²) in [6.07, 6.45) is 4.54. The molecular formula is C21H30N2O3. The first kappa shape index (κ1) is 18.8. The van der Waals surface area contributed by atoms with Gasteiger partial charge in [0.15, 0.2) is 0 Å². The van der Waals surface area contributed by atoms with Gasteiger partial charge in [-0.05, 0) is 26.3 Å². The van der Waals surface area contributed by atoms with Crippen molar-refractivity contribution in [2.24, 2.45) is 0 Å². The van der Waals surface area contributed by atoms with Gasteiger partial charge < -0.3 is 19.3 Å². The van der Waals surface area contributed by atoms with E-state index in [1.54, 1.807) is 6.07 Å². The minimum Gasteiger partial charge on any atom is -0.872 e. The molecule has 1 aliphatic rings. The molecule has 1 fully saturated rings. The SMILES string of the molecule is CCCCn1c(C)c(C(=O)OCC)c2c(C[NH+]3CCCC3)c([O-])ccc21. The van der Waals surface area contributed by atoms with Crippen LogP contribution >= 0.6 is 0 Å². The van der Waals surface area contributed by atoms with Crippen LogP contribution < -0.4 is 10.0 Å². The van der Waals surface area contributed by atoms with Crippen molar-refractivity contribution >= 4 is 16.9 Å². The third-order valence-corrected chi connectivity index (χ3v) is 5.51. The van der Waals surface area contributed by atoms with Crippen LogP contribution in [0.4, 0.5) is 0 Å². The van der Waals surface area contributed by atoms with Crippen molar-refractivity contribution in [3.8, 4) is 5.75 Å². The Hall–Kier alpha value is -2.01. The molecule has 0 radical (unpaired) electrons. The molecule has 1 aliphatic heterocycles. The van der Waals surface area contributed by atoms with E-state index in [4.69, 9.17) is 4.74 Å². The van der Waals surface area contributed by atoms with Crippen molar-refractivity contribution < 1.29 is 19.5 Å². The standard InChI is InChI=1S/C21H30N2O3/c1-4-6-13-23-15(3)19(21(25)26-5-2)20-16(14-22-11-7-8-12-22)18(24)10-9-17(20)23/h9-10,24H,4-8,11-14H2,1-3H3. The molecule has 26 heavy (non-hydrogen) atoms. The molecular weight excluding hydrogens is 328 g/mol. The lowest BCUT2D eigenvalue weighted by Gasteiger charge is -2.19. The molecule has 0 unspecified atom stereocenters. The number of ether oxygens (including phenoxy) is 1. The lowest BCUT2D eigenvalue weighted by Crippen LogP contribution is -3.08. The predicted molar refractivity (Wildman–Crippen MR) is 101 cm³/mol. The van der Waals surface area contributed by atoms with Gasteiger partial charge in [-0.25, -0.2) is 4.79 Å². The zero-order chi connectivity index (χ0) is 18.7. The molecule has 2 aromatic rings. The van der Waals surface area contributed by atoms with Crippen LogP contribution in [0.1, 0.15) is 61.1 Å². The summed E-state index contributed by atoms with van der Waals surface area (Å²) in [5.74, 6) is -0.274. The van der Waals surface area contributed by atoms with E-state index in [9.17, 15) is 9.90 Å². The number of likely N-dealkylation sites (tertiary alicyclic amines) is 1. The largest absolute Gasteiger partial charge is 0.872 e. The Morgan fingerprint density at radius 1 is 1.27 bits per heavy atom. The molecule has 1 N–H and O–H groups in total. The lowest BCUT2D eigenvalue weighted by molar-refractivity contribution is -0.901. The second kappa shape index (κ2) is 8.12. The van der Waals surface area contributed by atoms with Crippen molar-refractivity contribution in [2.45, 2.75) is 59.5 Å². The Balaban J connectivity index is 2.18. The minimum atomic E-state index is -0.312. The topological polar surface area (TPSA) is 58.7 Å². The number of carbonyl (C=O) groups is 1. The van der Waals surface area contributed by atoms with Crippen LogP contribution in [0.15, 0.2) is 12.1 Å². The van der Waals surface area contributed by atoms with E-state index in [0.29, 0.717) is 18.7 Å². The summed E-state index contributed by atoms with van der Waals surface area (Å²) in [6.45, 7) is 10.0. The Kier molecular flexibility index (Phi) is 5.87. The third kappa shape index (κ3) is 3.45. The normalized spacial score (nSPS) is 15.0. The molecule has 0 amide bonds. The Morgan fingerprint density at radius 3 is 2.65 bits per heavy atom. The van der Waals surface area contributed by atoms with Gasteiger partial charge in [0.2, 0.25) is 0 Å². The van der Waals surface area contributed by atoms with Crippen LogP contribution in [0.3, 0.4) is 0 Å². The van der Waals surface area contributed by atoms with Crippen molar-refractivity contribution in [1.82, 2.24) is 4.57 Å². The fourth-order valence-corrected chi connectivity index (χ4v) is 4.15. The van der Waals surface area contributed by atoms with E-state index in [1.165, 1.54) is 17.7 Å². The summed E-state index contributed by atoms with van der Waals surface area (Å²) < 4.78 is 7.53. The van der Waals surface area contributed by atoms with Gasteiger partial charge in [-0.3, -0.25) is 0 Å². The fourth-order valence-electron chi connectivity index (χ4n) is 4.15. The first-order valence-corrected chi connectivity index (χ1v) is 9.90. The van der Waals surface area contributed by atoms with Gasteiger partial charge in [-0.1, -0.05) is 25.2 Å². The number of carbonyl (C=O) groups excluding carboxylic acids is 1. The highest BCUT2D eigenvalue weighted by Crippen LogP contribution is 2.33. The highest BCUT2D eigenvalue weighted by Gasteiger charge is 2.25. The number of rotatable bonds is 7. The van der Waals surface area contributed by atoms with E-state index in [-0.39, 0.29) is 11.7 Å². The van der Waals surface area contributed by atoms with Gasteiger partial charge >= 0.3 is 5.97 Å². The van der Waals surface area contributed by atoms with Crippen LogP contribution in [0.25, 0.3) is 10.9 Å². The van der Waals surface area contributed by atoms with E-state index in [0.717, 1.165) is 54.6 Å². The van der Waals surface area contributed by atoms with E-state index in [1.807, 2.05) is 19.9 Å². The first-order valence-electron chi connectivity index (χ1n) is 9.90. The monoisotopic (exact) mass is 358 g/mol. The van der Waals surface area contributed by atoms with E-state index in [2.05, 4.69) is 11.5 Å². The van der Waals surface area contributed by atoms with Crippen LogP contribution in [0.2, 0.25) is 0 Å². The number of hydrogen-bond donors (Lipinski definition) is 1. The van der Waals surface area contributed by atoms with Crippen LogP contribution in [0.5, 0.6) is 5.75 Å². The number of esters is 1. The summed E-state index contributed by atoms with van der Waals surface area (Å²) in [4.78, 5) is 14.2. The van der Waals surface area contributed by atoms with Gasteiger partial charge in [0.1, 0.15) is 6.54 Å². The summed E-state index contributed by atoms with van der Waals surface area (Å²) in [5, 5.41) is 13.5. The zero-order valence-electron chi connectivity index (χ0n) is 16.2. The predicted octanol–water partition coefficient (Wildman–Crippen LogP) is 2.18. The number of nitrogens with one attached hydrogen (secondary N) is 1. The van der Waals surface area contributed by atoms with Gasteiger partial charge in [0.25, 0.3) is 0 Å². The van der Waals surface area contributed by atoms with Crippen molar-refractivity contribution in [1.29, 1.82) is 0 Å². The molecule has 5 nitrogen and oxygen atoms in total. The van der Waals surface area contributed by atoms with Crippen molar-refractivity contribution in [3.63, 3.8) is 0 Å². The molecule has 1 aromatic carbocycles. The maximum absolute atomic E-state index is 12.7. The molecule has 0 atom stereocenters. The Bertz CT molecular complexity index is 788. The van der Waals surface area contributed by atoms with Gasteiger partial charge in [0.05, 0.1) is 25.3 Å². The highest BCUT2D eigenvalue weighted by molar-refractivity contribution is 6.07. The molecule has 3 rings (SSSR count). The molecule has 1 aromatic heterocycles. The maximum atomic E-state index is 12.7. The molecule has 1 saturated heterocycles. The van der Waals surface area contributed by atoms with Crippen molar-refractivity contribution in [3.05, 3.63) is 29.0 Å². The number of nitrogens with zero attached hydrogens (tertiary/aromatic N) is 1. The van der Waals surface area contributed by atoms with Crippen LogP contribution in [-0.4, -0.2) is 30.2 Å². The number of hydrogen-bond acceptors (Lipinski definition) is 3. The van der Waals surface area contributed by atoms with Crippen LogP contribution in [0, 0.1) is 6.92 Å². The second-order valence-electron chi connectivity index (χ2n) is 7.26. The molecule has 0 saturated carbocycles. The third-order valence-electron chi connectivity index (χ3n) is 5.51. The number of aryl methyl sites for hydroxylation is 1. The van der Waals surface area contributed by atoms with Crippen molar-refractivity contribution in [2.75, 3.05) is 19.7 Å². The molecule has 0 bridgehead atoms. The number of benzene rings is 1. The average Bonchev–Trinajstić information content (AvgIpc) is 3.22. The zero-order valence-corrected chi connectivity index (χ0v) is 16.2. The van der Waals surface area contributed by atoms with E-state index >= 15 is 0 Å². The number of aromatic nitrogens is 1. The first-order chi connectivity index (χ1) is 12.6. The van der Waals surface area contributed by atoms with E-state index < -0.39 is 0 Å². The Morgan fingerprint density at radius 2 is 2.00 bits per heavy atom. The highest BCUT2D eigenvalue weighted by atomic mass is 16.5. The molecule has 0 aliphatic carbocycles. The number of quaternary nitrogens is 1. The quantitative estimate of drug-likeness (QED) is 0.772. The molecule has 2 heterocycles. The van der Waals surface area contributed by atoms with Crippen LogP contribution in [-0.2, 0) is 17.8 Å². The summed E-state index contributed by atoms with van der Waals surface area (Å²) in [5.41, 5.74) is 3.27. The second-order valence-corrected chi connectivity index (χ2v) is 7.26. The number of unbranched alkanes of at least 4 members (excludes halogenated alkanes) is 1. The smallest absolute Gasteiger partial charge is 0.340 e. The maximum Gasteiger partial charge on any atom is 0.340 e. The van der Waals surface area contributed by atoms with Gasteiger partial charge in [0, 0.05) is 41.5 Å².